The van der Waals surface area contributed by atoms with Crippen LogP contribution in [0, 0.1) is 17.6 Å². The Morgan fingerprint density at radius 2 is 1.88 bits per heavy atom. The maximum atomic E-state index is 13.1. The van der Waals surface area contributed by atoms with Gasteiger partial charge in [0.1, 0.15) is 5.82 Å². The Hall–Kier alpha value is -1.16. The zero-order chi connectivity index (χ0) is 12.3. The molecule has 2 N–H and O–H groups in total. The number of phenols is 1. The van der Waals surface area contributed by atoms with Crippen molar-refractivity contribution < 1.29 is 13.9 Å². The van der Waals surface area contributed by atoms with Gasteiger partial charge in [-0.3, -0.25) is 0 Å². The molecule has 0 saturated heterocycles. The SMILES string of the molecule is CC(C)CNC(C)c1cc(F)cc(F)c1O. The molecular formula is C12H17F2NO. The molecule has 1 aromatic rings. The van der Waals surface area contributed by atoms with E-state index in [9.17, 15) is 13.9 Å². The van der Waals surface area contributed by atoms with Crippen LogP contribution in [0.2, 0.25) is 0 Å². The number of phenolic OH excluding ortho intramolecular Hbond substituents is 1. The van der Waals surface area contributed by atoms with Gasteiger partial charge in [0.25, 0.3) is 0 Å². The van der Waals surface area contributed by atoms with Crippen molar-refractivity contribution >= 4 is 0 Å². The molecule has 0 amide bonds. The molecule has 0 heterocycles. The van der Waals surface area contributed by atoms with E-state index >= 15 is 0 Å². The smallest absolute Gasteiger partial charge is 0.168 e. The first-order chi connectivity index (χ1) is 7.41. The molecule has 4 heteroatoms. The summed E-state index contributed by atoms with van der Waals surface area (Å²) in [7, 11) is 0. The number of hydrogen-bond donors (Lipinski definition) is 2. The van der Waals surface area contributed by atoms with Crippen molar-refractivity contribution in [3.8, 4) is 5.75 Å². The first-order valence-electron chi connectivity index (χ1n) is 5.33. The van der Waals surface area contributed by atoms with E-state index < -0.39 is 17.4 Å². The van der Waals surface area contributed by atoms with Crippen molar-refractivity contribution in [3.05, 3.63) is 29.3 Å². The molecule has 2 nitrogen and oxygen atoms in total. The van der Waals surface area contributed by atoms with Gasteiger partial charge in [-0.2, -0.15) is 0 Å². The van der Waals surface area contributed by atoms with Gasteiger partial charge in [-0.25, -0.2) is 8.78 Å². The molecule has 0 radical (unpaired) electrons. The largest absolute Gasteiger partial charge is 0.505 e. The topological polar surface area (TPSA) is 32.3 Å². The normalized spacial score (nSPS) is 13.1. The maximum absolute atomic E-state index is 13.1. The molecule has 0 spiro atoms. The second-order valence-corrected chi connectivity index (χ2v) is 4.35. The minimum absolute atomic E-state index is 0.248. The fourth-order valence-electron chi connectivity index (χ4n) is 1.44. The highest BCUT2D eigenvalue weighted by Crippen LogP contribution is 2.28. The third kappa shape index (κ3) is 3.17. The van der Waals surface area contributed by atoms with Crippen LogP contribution in [0.5, 0.6) is 5.75 Å². The molecule has 0 bridgehead atoms. The van der Waals surface area contributed by atoms with Gasteiger partial charge in [0.05, 0.1) is 0 Å². The van der Waals surface area contributed by atoms with Gasteiger partial charge in [-0.1, -0.05) is 13.8 Å². The van der Waals surface area contributed by atoms with Crippen molar-refractivity contribution in [1.82, 2.24) is 5.32 Å². The highest BCUT2D eigenvalue weighted by atomic mass is 19.1. The summed E-state index contributed by atoms with van der Waals surface area (Å²) >= 11 is 0. The van der Waals surface area contributed by atoms with E-state index in [1.54, 1.807) is 6.92 Å². The molecular weight excluding hydrogens is 212 g/mol. The Morgan fingerprint density at radius 1 is 1.25 bits per heavy atom. The molecule has 0 fully saturated rings. The second-order valence-electron chi connectivity index (χ2n) is 4.35. The Bertz CT molecular complexity index is 366. The van der Waals surface area contributed by atoms with E-state index in [-0.39, 0.29) is 11.6 Å². The van der Waals surface area contributed by atoms with Crippen molar-refractivity contribution in [3.63, 3.8) is 0 Å². The van der Waals surface area contributed by atoms with E-state index in [1.165, 1.54) is 0 Å². The van der Waals surface area contributed by atoms with Crippen LogP contribution in [-0.2, 0) is 0 Å². The quantitative estimate of drug-likeness (QED) is 0.832. The summed E-state index contributed by atoms with van der Waals surface area (Å²) in [5.74, 6) is -1.65. The molecule has 90 valence electrons. The fraction of sp³-hybridized carbons (Fsp3) is 0.500. The highest BCUT2D eigenvalue weighted by Gasteiger charge is 2.15. The Balaban J connectivity index is 2.86. The third-order valence-electron chi connectivity index (χ3n) is 2.36. The standard InChI is InChI=1S/C12H17F2NO/c1-7(2)6-15-8(3)10-4-9(13)5-11(14)12(10)16/h4-5,7-8,15-16H,6H2,1-3H3. The molecule has 16 heavy (non-hydrogen) atoms. The predicted octanol–water partition coefficient (Wildman–Crippen LogP) is 2.98. The summed E-state index contributed by atoms with van der Waals surface area (Å²) in [6, 6.07) is 1.54. The van der Waals surface area contributed by atoms with E-state index in [2.05, 4.69) is 5.32 Å². The molecule has 1 unspecified atom stereocenters. The zero-order valence-corrected chi connectivity index (χ0v) is 9.72. The summed E-state index contributed by atoms with van der Waals surface area (Å²) in [6.07, 6.45) is 0. The van der Waals surface area contributed by atoms with Crippen LogP contribution in [0.25, 0.3) is 0 Å². The highest BCUT2D eigenvalue weighted by molar-refractivity contribution is 5.36. The average molecular weight is 229 g/mol. The number of hydrogen-bond acceptors (Lipinski definition) is 2. The van der Waals surface area contributed by atoms with Crippen molar-refractivity contribution in [2.75, 3.05) is 6.54 Å². The summed E-state index contributed by atoms with van der Waals surface area (Å²) in [4.78, 5) is 0. The number of rotatable bonds is 4. The second kappa shape index (κ2) is 5.25. The Morgan fingerprint density at radius 3 is 2.44 bits per heavy atom. The summed E-state index contributed by atoms with van der Waals surface area (Å²) in [5.41, 5.74) is 0.248. The number of aromatic hydroxyl groups is 1. The first kappa shape index (κ1) is 12.9. The number of benzene rings is 1. The minimum atomic E-state index is -0.923. The number of halogens is 2. The molecule has 0 saturated carbocycles. The molecule has 0 aliphatic rings. The van der Waals surface area contributed by atoms with Gasteiger partial charge >= 0.3 is 0 Å². The predicted molar refractivity (Wildman–Crippen MR) is 59.3 cm³/mol. The van der Waals surface area contributed by atoms with E-state index in [1.807, 2.05) is 13.8 Å². The molecule has 0 aliphatic carbocycles. The number of nitrogens with one attached hydrogen (secondary N) is 1. The summed E-state index contributed by atoms with van der Waals surface area (Å²) < 4.78 is 26.1. The molecule has 0 aliphatic heterocycles. The lowest BCUT2D eigenvalue weighted by molar-refractivity contribution is 0.405. The van der Waals surface area contributed by atoms with Gasteiger partial charge in [-0.15, -0.1) is 0 Å². The van der Waals surface area contributed by atoms with Crippen molar-refractivity contribution in [2.24, 2.45) is 5.92 Å². The lowest BCUT2D eigenvalue weighted by Gasteiger charge is -2.17. The Kier molecular flexibility index (Phi) is 4.24. The summed E-state index contributed by atoms with van der Waals surface area (Å²) in [5, 5.41) is 12.6. The van der Waals surface area contributed by atoms with Crippen LogP contribution in [0.3, 0.4) is 0 Å². The van der Waals surface area contributed by atoms with Gasteiger partial charge in [-0.05, 0) is 25.5 Å². The van der Waals surface area contributed by atoms with Gasteiger partial charge in [0.15, 0.2) is 11.6 Å². The van der Waals surface area contributed by atoms with Crippen LogP contribution in [0.1, 0.15) is 32.4 Å². The molecule has 0 aromatic heterocycles. The van der Waals surface area contributed by atoms with Gasteiger partial charge in [0.2, 0.25) is 0 Å². The average Bonchev–Trinajstić information content (AvgIpc) is 2.19. The van der Waals surface area contributed by atoms with Crippen LogP contribution in [0.15, 0.2) is 12.1 Å². The van der Waals surface area contributed by atoms with Crippen LogP contribution in [0.4, 0.5) is 8.78 Å². The first-order valence-corrected chi connectivity index (χ1v) is 5.33. The minimum Gasteiger partial charge on any atom is -0.505 e. The molecule has 1 atom stereocenters. The van der Waals surface area contributed by atoms with Crippen LogP contribution >= 0.6 is 0 Å². The lowest BCUT2D eigenvalue weighted by Crippen LogP contribution is -2.23. The van der Waals surface area contributed by atoms with Crippen molar-refractivity contribution in [1.29, 1.82) is 0 Å². The van der Waals surface area contributed by atoms with Gasteiger partial charge in [0, 0.05) is 17.7 Å². The summed E-state index contributed by atoms with van der Waals surface area (Å²) in [6.45, 7) is 6.55. The lowest BCUT2D eigenvalue weighted by atomic mass is 10.1. The monoisotopic (exact) mass is 229 g/mol. The fourth-order valence-corrected chi connectivity index (χ4v) is 1.44. The van der Waals surface area contributed by atoms with E-state index in [4.69, 9.17) is 0 Å². The molecule has 1 rings (SSSR count). The van der Waals surface area contributed by atoms with Crippen LogP contribution in [-0.4, -0.2) is 11.7 Å². The van der Waals surface area contributed by atoms with Gasteiger partial charge < -0.3 is 10.4 Å². The van der Waals surface area contributed by atoms with Crippen LogP contribution < -0.4 is 5.32 Å². The maximum Gasteiger partial charge on any atom is 0.168 e. The van der Waals surface area contributed by atoms with E-state index in [0.717, 1.165) is 12.6 Å². The van der Waals surface area contributed by atoms with Crippen molar-refractivity contribution in [2.45, 2.75) is 26.8 Å². The van der Waals surface area contributed by atoms with E-state index in [0.29, 0.717) is 12.0 Å². The zero-order valence-electron chi connectivity index (χ0n) is 9.72. The molecule has 1 aromatic carbocycles. The Labute approximate surface area is 94.3 Å². The third-order valence-corrected chi connectivity index (χ3v) is 2.36.